The highest BCUT2D eigenvalue weighted by Crippen LogP contribution is 2.28. The predicted molar refractivity (Wildman–Crippen MR) is 56.7 cm³/mol. The molecule has 0 radical (unpaired) electrons. The van der Waals surface area contributed by atoms with Gasteiger partial charge in [-0.2, -0.15) is 4.37 Å². The maximum absolute atomic E-state index is 5.88. The largest absolute Gasteiger partial charge is 0.324 e. The van der Waals surface area contributed by atoms with E-state index in [0.717, 1.165) is 18.5 Å². The van der Waals surface area contributed by atoms with Crippen LogP contribution >= 0.6 is 11.5 Å². The molecule has 2 nitrogen and oxygen atoms in total. The quantitative estimate of drug-likeness (QED) is 0.745. The summed E-state index contributed by atoms with van der Waals surface area (Å²) in [6.07, 6.45) is 5.69. The van der Waals surface area contributed by atoms with Crippen LogP contribution in [-0.4, -0.2) is 10.4 Å². The fourth-order valence-corrected chi connectivity index (χ4v) is 2.48. The van der Waals surface area contributed by atoms with Gasteiger partial charge in [0.2, 0.25) is 0 Å². The maximum Gasteiger partial charge on any atom is 0.0517 e. The van der Waals surface area contributed by atoms with E-state index in [1.54, 1.807) is 11.5 Å². The second kappa shape index (κ2) is 3.60. The van der Waals surface area contributed by atoms with E-state index in [9.17, 15) is 0 Å². The van der Waals surface area contributed by atoms with Gasteiger partial charge < -0.3 is 5.73 Å². The van der Waals surface area contributed by atoms with Crippen LogP contribution in [0.1, 0.15) is 29.8 Å². The Bertz CT molecular complexity index is 327. The third kappa shape index (κ3) is 1.98. The van der Waals surface area contributed by atoms with E-state index in [1.165, 1.54) is 16.9 Å². The Kier molecular flexibility index (Phi) is 2.47. The van der Waals surface area contributed by atoms with Crippen LogP contribution in [0.3, 0.4) is 0 Å². The maximum atomic E-state index is 5.88. The Morgan fingerprint density at radius 3 is 3.08 bits per heavy atom. The summed E-state index contributed by atoms with van der Waals surface area (Å²) >= 11 is 1.58. The molecule has 2 N–H and O–H groups in total. The SMILES string of the molecule is Cc1cc(C2=CC(N)CCC2)sn1. The molecule has 2 rings (SSSR count). The summed E-state index contributed by atoms with van der Waals surface area (Å²) in [5.41, 5.74) is 8.38. The molecule has 0 amide bonds. The number of nitrogens with two attached hydrogens (primary N) is 1. The minimum absolute atomic E-state index is 0.256. The average molecular weight is 194 g/mol. The summed E-state index contributed by atoms with van der Waals surface area (Å²) in [5, 5.41) is 0. The standard InChI is InChI=1S/C10H14N2S/c1-7-5-10(13-12-7)8-3-2-4-9(11)6-8/h5-6,9H,2-4,11H2,1H3. The molecular weight excluding hydrogens is 180 g/mol. The van der Waals surface area contributed by atoms with E-state index in [0.29, 0.717) is 0 Å². The zero-order chi connectivity index (χ0) is 9.26. The molecule has 1 atom stereocenters. The van der Waals surface area contributed by atoms with E-state index >= 15 is 0 Å². The lowest BCUT2D eigenvalue weighted by Crippen LogP contribution is -2.19. The molecule has 0 saturated heterocycles. The summed E-state index contributed by atoms with van der Waals surface area (Å²) in [6.45, 7) is 2.03. The van der Waals surface area contributed by atoms with E-state index in [1.807, 2.05) is 6.92 Å². The third-order valence-electron chi connectivity index (χ3n) is 2.34. The van der Waals surface area contributed by atoms with Gasteiger partial charge in [0.05, 0.1) is 10.6 Å². The third-order valence-corrected chi connectivity index (χ3v) is 3.30. The van der Waals surface area contributed by atoms with Crippen molar-refractivity contribution < 1.29 is 0 Å². The minimum atomic E-state index is 0.256. The molecular formula is C10H14N2S. The highest BCUT2D eigenvalue weighted by Gasteiger charge is 2.12. The van der Waals surface area contributed by atoms with Crippen molar-refractivity contribution in [2.45, 2.75) is 32.2 Å². The van der Waals surface area contributed by atoms with Crippen molar-refractivity contribution >= 4 is 17.1 Å². The van der Waals surface area contributed by atoms with Crippen molar-refractivity contribution in [1.82, 2.24) is 4.37 Å². The molecule has 70 valence electrons. The lowest BCUT2D eigenvalue weighted by molar-refractivity contribution is 0.655. The summed E-state index contributed by atoms with van der Waals surface area (Å²) in [4.78, 5) is 1.30. The molecule has 1 aromatic heterocycles. The molecule has 1 aromatic rings. The van der Waals surface area contributed by atoms with Gasteiger partial charge in [0.25, 0.3) is 0 Å². The lowest BCUT2D eigenvalue weighted by Gasteiger charge is -2.16. The van der Waals surface area contributed by atoms with Gasteiger partial charge in [-0.15, -0.1) is 0 Å². The van der Waals surface area contributed by atoms with Crippen LogP contribution in [0.4, 0.5) is 0 Å². The van der Waals surface area contributed by atoms with Crippen molar-refractivity contribution in [2.24, 2.45) is 5.73 Å². The monoisotopic (exact) mass is 194 g/mol. The van der Waals surface area contributed by atoms with Crippen molar-refractivity contribution in [3.8, 4) is 0 Å². The van der Waals surface area contributed by atoms with Crippen LogP contribution in [0.2, 0.25) is 0 Å². The molecule has 1 aliphatic carbocycles. The molecule has 0 saturated carbocycles. The number of hydrogen-bond acceptors (Lipinski definition) is 3. The van der Waals surface area contributed by atoms with E-state index in [2.05, 4.69) is 16.5 Å². The first kappa shape index (κ1) is 8.91. The number of rotatable bonds is 1. The Morgan fingerprint density at radius 2 is 2.46 bits per heavy atom. The first-order chi connectivity index (χ1) is 6.25. The highest BCUT2D eigenvalue weighted by atomic mass is 32.1. The second-order valence-corrected chi connectivity index (χ2v) is 4.39. The number of nitrogens with zero attached hydrogens (tertiary/aromatic N) is 1. The molecule has 13 heavy (non-hydrogen) atoms. The van der Waals surface area contributed by atoms with Crippen LogP contribution in [0.15, 0.2) is 12.1 Å². The molecule has 0 fully saturated rings. The van der Waals surface area contributed by atoms with Crippen LogP contribution in [0.25, 0.3) is 5.57 Å². The predicted octanol–water partition coefficient (Wildman–Crippen LogP) is 2.35. The van der Waals surface area contributed by atoms with Gasteiger partial charge >= 0.3 is 0 Å². The van der Waals surface area contributed by atoms with Crippen LogP contribution in [-0.2, 0) is 0 Å². The molecule has 0 bridgehead atoms. The number of aromatic nitrogens is 1. The molecule has 0 spiro atoms. The van der Waals surface area contributed by atoms with Gasteiger partial charge in [-0.05, 0) is 49.4 Å². The molecule has 0 aromatic carbocycles. The minimum Gasteiger partial charge on any atom is -0.324 e. The molecule has 1 heterocycles. The van der Waals surface area contributed by atoms with Crippen LogP contribution in [0, 0.1) is 6.92 Å². The highest BCUT2D eigenvalue weighted by molar-refractivity contribution is 7.07. The first-order valence-corrected chi connectivity index (χ1v) is 5.43. The second-order valence-electron chi connectivity index (χ2n) is 3.58. The topological polar surface area (TPSA) is 38.9 Å². The Labute approximate surface area is 82.6 Å². The van der Waals surface area contributed by atoms with E-state index < -0.39 is 0 Å². The summed E-state index contributed by atoms with van der Waals surface area (Å²) in [5.74, 6) is 0. The molecule has 1 unspecified atom stereocenters. The van der Waals surface area contributed by atoms with Crippen molar-refractivity contribution in [2.75, 3.05) is 0 Å². The first-order valence-electron chi connectivity index (χ1n) is 4.65. The van der Waals surface area contributed by atoms with E-state index in [4.69, 9.17) is 5.73 Å². The molecule has 0 aliphatic heterocycles. The van der Waals surface area contributed by atoms with Gasteiger partial charge in [-0.1, -0.05) is 6.08 Å². The zero-order valence-corrected chi connectivity index (χ0v) is 8.60. The lowest BCUT2D eigenvalue weighted by atomic mass is 9.95. The fraction of sp³-hybridized carbons (Fsp3) is 0.500. The Balaban J connectivity index is 2.25. The summed E-state index contributed by atoms with van der Waals surface area (Å²) in [6, 6.07) is 2.40. The van der Waals surface area contributed by atoms with Gasteiger partial charge in [0.1, 0.15) is 0 Å². The molecule has 3 heteroatoms. The van der Waals surface area contributed by atoms with Crippen molar-refractivity contribution in [3.63, 3.8) is 0 Å². The Morgan fingerprint density at radius 1 is 1.62 bits per heavy atom. The smallest absolute Gasteiger partial charge is 0.0517 e. The average Bonchev–Trinajstić information content (AvgIpc) is 2.52. The fourth-order valence-electron chi connectivity index (χ4n) is 1.67. The van der Waals surface area contributed by atoms with Crippen molar-refractivity contribution in [3.05, 3.63) is 22.7 Å². The van der Waals surface area contributed by atoms with Gasteiger partial charge in [0, 0.05) is 6.04 Å². The normalized spacial score (nSPS) is 22.9. The van der Waals surface area contributed by atoms with Gasteiger partial charge in [-0.3, -0.25) is 0 Å². The van der Waals surface area contributed by atoms with Crippen LogP contribution in [0.5, 0.6) is 0 Å². The zero-order valence-electron chi connectivity index (χ0n) is 7.79. The summed E-state index contributed by atoms with van der Waals surface area (Å²) in [7, 11) is 0. The van der Waals surface area contributed by atoms with Gasteiger partial charge in [-0.25, -0.2) is 0 Å². The number of hydrogen-bond donors (Lipinski definition) is 1. The van der Waals surface area contributed by atoms with Crippen molar-refractivity contribution in [1.29, 1.82) is 0 Å². The van der Waals surface area contributed by atoms with E-state index in [-0.39, 0.29) is 6.04 Å². The Hall–Kier alpha value is -0.670. The number of allylic oxidation sites excluding steroid dienone is 1. The van der Waals surface area contributed by atoms with Gasteiger partial charge in [0.15, 0.2) is 0 Å². The van der Waals surface area contributed by atoms with Crippen LogP contribution < -0.4 is 5.73 Å². The summed E-state index contributed by atoms with van der Waals surface area (Å²) < 4.78 is 4.28. The molecule has 1 aliphatic rings. The number of aryl methyl sites for hydroxylation is 1.